The number of rotatable bonds is 6. The summed E-state index contributed by atoms with van der Waals surface area (Å²) in [6, 6.07) is 12.6. The van der Waals surface area contributed by atoms with Crippen LogP contribution in [-0.2, 0) is 0 Å². The Bertz CT molecular complexity index is 1180. The van der Waals surface area contributed by atoms with Crippen molar-refractivity contribution in [3.8, 4) is 11.6 Å². The molecule has 2 aromatic carbocycles. The molecule has 9 heteroatoms. The van der Waals surface area contributed by atoms with E-state index >= 15 is 0 Å². The van der Waals surface area contributed by atoms with Gasteiger partial charge >= 0.3 is 6.03 Å². The highest BCUT2D eigenvalue weighted by atomic mass is 32.1. The number of aromatic nitrogens is 3. The van der Waals surface area contributed by atoms with E-state index in [2.05, 4.69) is 25.6 Å². The summed E-state index contributed by atoms with van der Waals surface area (Å²) in [5, 5.41) is 9.24. The number of amides is 2. The second kappa shape index (κ2) is 8.97. The second-order valence-electron chi connectivity index (χ2n) is 7.09. The molecule has 2 N–H and O–H groups in total. The zero-order valence-corrected chi connectivity index (χ0v) is 18.2. The minimum absolute atomic E-state index is 0.165. The van der Waals surface area contributed by atoms with E-state index in [1.807, 2.05) is 49.5 Å². The van der Waals surface area contributed by atoms with E-state index < -0.39 is 0 Å². The SMILES string of the molecule is CC(NC(=O)Nc1ccc(Oc2ncnc3cc(N(C)C)ccc23)cc1)c1nccs1. The van der Waals surface area contributed by atoms with E-state index in [1.54, 1.807) is 30.5 Å². The fourth-order valence-corrected chi connectivity index (χ4v) is 3.62. The Morgan fingerprint density at radius 3 is 2.61 bits per heavy atom. The molecular weight excluding hydrogens is 412 g/mol. The van der Waals surface area contributed by atoms with Gasteiger partial charge in [0.15, 0.2) is 0 Å². The maximum absolute atomic E-state index is 12.2. The Morgan fingerprint density at radius 1 is 1.10 bits per heavy atom. The van der Waals surface area contributed by atoms with Crippen LogP contribution in [0.25, 0.3) is 10.9 Å². The molecule has 158 valence electrons. The van der Waals surface area contributed by atoms with Crippen LogP contribution in [0.3, 0.4) is 0 Å². The smallest absolute Gasteiger partial charge is 0.319 e. The Kier molecular flexibility index (Phi) is 5.94. The predicted molar refractivity (Wildman–Crippen MR) is 123 cm³/mol. The van der Waals surface area contributed by atoms with Gasteiger partial charge in [-0.2, -0.15) is 0 Å². The first-order chi connectivity index (χ1) is 15.0. The molecule has 8 nitrogen and oxygen atoms in total. The number of fused-ring (bicyclic) bond motifs is 1. The van der Waals surface area contributed by atoms with Gasteiger partial charge in [0.05, 0.1) is 16.9 Å². The monoisotopic (exact) mass is 434 g/mol. The van der Waals surface area contributed by atoms with Crippen LogP contribution in [0, 0.1) is 0 Å². The number of ether oxygens (including phenoxy) is 1. The molecule has 4 aromatic rings. The highest BCUT2D eigenvalue weighted by Crippen LogP contribution is 2.29. The molecule has 4 rings (SSSR count). The third-order valence-corrected chi connectivity index (χ3v) is 5.55. The first kappa shape index (κ1) is 20.5. The molecule has 0 aliphatic carbocycles. The van der Waals surface area contributed by atoms with Crippen molar-refractivity contribution in [1.82, 2.24) is 20.3 Å². The average Bonchev–Trinajstić information content (AvgIpc) is 3.30. The van der Waals surface area contributed by atoms with Gasteiger partial charge < -0.3 is 20.3 Å². The fraction of sp³-hybridized carbons (Fsp3) is 0.182. The van der Waals surface area contributed by atoms with Crippen molar-refractivity contribution in [2.45, 2.75) is 13.0 Å². The van der Waals surface area contributed by atoms with Crippen LogP contribution >= 0.6 is 11.3 Å². The van der Waals surface area contributed by atoms with E-state index in [-0.39, 0.29) is 12.1 Å². The molecule has 0 aliphatic heterocycles. The molecule has 2 heterocycles. The number of anilines is 2. The zero-order valence-electron chi connectivity index (χ0n) is 17.4. The first-order valence-corrected chi connectivity index (χ1v) is 10.5. The summed E-state index contributed by atoms with van der Waals surface area (Å²) in [6.07, 6.45) is 3.21. The van der Waals surface area contributed by atoms with Crippen LogP contribution in [0.5, 0.6) is 11.6 Å². The molecule has 0 radical (unpaired) electrons. The number of hydrogen-bond acceptors (Lipinski definition) is 7. The zero-order chi connectivity index (χ0) is 21.8. The summed E-state index contributed by atoms with van der Waals surface area (Å²) in [5.41, 5.74) is 2.51. The number of hydrogen-bond donors (Lipinski definition) is 2. The number of carbonyl (C=O) groups is 1. The Hall–Kier alpha value is -3.72. The highest BCUT2D eigenvalue weighted by molar-refractivity contribution is 7.09. The maximum Gasteiger partial charge on any atom is 0.319 e. The van der Waals surface area contributed by atoms with E-state index in [0.717, 1.165) is 21.6 Å². The lowest BCUT2D eigenvalue weighted by Crippen LogP contribution is -2.31. The van der Waals surface area contributed by atoms with Crippen molar-refractivity contribution in [2.24, 2.45) is 0 Å². The molecule has 2 amide bonds. The Labute approximate surface area is 183 Å². The molecule has 0 bridgehead atoms. The van der Waals surface area contributed by atoms with Gasteiger partial charge in [-0.25, -0.2) is 19.7 Å². The summed E-state index contributed by atoms with van der Waals surface area (Å²) in [7, 11) is 3.96. The lowest BCUT2D eigenvalue weighted by atomic mass is 10.2. The van der Waals surface area contributed by atoms with Crippen molar-refractivity contribution in [3.63, 3.8) is 0 Å². The molecule has 1 atom stereocenters. The van der Waals surface area contributed by atoms with E-state index in [9.17, 15) is 4.79 Å². The molecule has 0 saturated carbocycles. The van der Waals surface area contributed by atoms with E-state index in [0.29, 0.717) is 17.3 Å². The Balaban J connectivity index is 1.42. The fourth-order valence-electron chi connectivity index (χ4n) is 2.97. The van der Waals surface area contributed by atoms with E-state index in [1.165, 1.54) is 17.7 Å². The molecule has 0 fully saturated rings. The normalized spacial score (nSPS) is 11.7. The molecule has 0 spiro atoms. The average molecular weight is 435 g/mol. The summed E-state index contributed by atoms with van der Waals surface area (Å²) < 4.78 is 5.97. The second-order valence-corrected chi connectivity index (χ2v) is 8.02. The van der Waals surface area contributed by atoms with Crippen LogP contribution in [0.1, 0.15) is 18.0 Å². The van der Waals surface area contributed by atoms with Gasteiger partial charge in [0.25, 0.3) is 0 Å². The molecule has 31 heavy (non-hydrogen) atoms. The van der Waals surface area contributed by atoms with Crippen molar-refractivity contribution in [2.75, 3.05) is 24.3 Å². The summed E-state index contributed by atoms with van der Waals surface area (Å²) in [6.45, 7) is 1.89. The molecule has 0 saturated heterocycles. The van der Waals surface area contributed by atoms with Gasteiger partial charge in [-0.1, -0.05) is 0 Å². The van der Waals surface area contributed by atoms with Crippen molar-refractivity contribution in [1.29, 1.82) is 0 Å². The number of urea groups is 1. The largest absolute Gasteiger partial charge is 0.438 e. The standard InChI is InChI=1S/C22H22N6O2S/c1-14(21-23-10-11-31-21)26-22(29)27-15-4-7-17(8-5-15)30-20-18-9-6-16(28(2)3)12-19(18)24-13-25-20/h4-14H,1-3H3,(H2,26,27,29). The van der Waals surface area contributed by atoms with Crippen molar-refractivity contribution >= 4 is 39.6 Å². The van der Waals surface area contributed by atoms with Crippen LogP contribution in [0.2, 0.25) is 0 Å². The minimum Gasteiger partial charge on any atom is -0.438 e. The topological polar surface area (TPSA) is 92.3 Å². The third-order valence-electron chi connectivity index (χ3n) is 4.60. The van der Waals surface area contributed by atoms with Crippen LogP contribution in [-0.4, -0.2) is 35.1 Å². The van der Waals surface area contributed by atoms with Gasteiger partial charge in [0.2, 0.25) is 5.88 Å². The van der Waals surface area contributed by atoms with Gasteiger partial charge in [-0.3, -0.25) is 0 Å². The quantitative estimate of drug-likeness (QED) is 0.452. The molecule has 2 aromatic heterocycles. The van der Waals surface area contributed by atoms with Crippen molar-refractivity contribution < 1.29 is 9.53 Å². The van der Waals surface area contributed by atoms with Gasteiger partial charge in [0.1, 0.15) is 17.1 Å². The maximum atomic E-state index is 12.2. The van der Waals surface area contributed by atoms with E-state index in [4.69, 9.17) is 4.74 Å². The minimum atomic E-state index is -0.296. The third kappa shape index (κ3) is 4.89. The number of nitrogens with one attached hydrogen (secondary N) is 2. The number of thiazole rings is 1. The Morgan fingerprint density at radius 2 is 1.90 bits per heavy atom. The van der Waals surface area contributed by atoms with Gasteiger partial charge in [0, 0.05) is 37.0 Å². The molecule has 0 aliphatic rings. The van der Waals surface area contributed by atoms with Crippen LogP contribution in [0.4, 0.5) is 16.2 Å². The first-order valence-electron chi connectivity index (χ1n) is 9.66. The van der Waals surface area contributed by atoms with Crippen LogP contribution < -0.4 is 20.3 Å². The highest BCUT2D eigenvalue weighted by Gasteiger charge is 2.12. The predicted octanol–water partition coefficient (Wildman–Crippen LogP) is 4.83. The molecule has 1 unspecified atom stereocenters. The molecular formula is C22H22N6O2S. The number of nitrogens with zero attached hydrogens (tertiary/aromatic N) is 4. The lowest BCUT2D eigenvalue weighted by Gasteiger charge is -2.14. The number of benzene rings is 2. The number of carbonyl (C=O) groups excluding carboxylic acids is 1. The van der Waals surface area contributed by atoms with Gasteiger partial charge in [-0.05, 0) is 49.4 Å². The van der Waals surface area contributed by atoms with Gasteiger partial charge in [-0.15, -0.1) is 11.3 Å². The summed E-state index contributed by atoms with van der Waals surface area (Å²) in [4.78, 5) is 27.1. The summed E-state index contributed by atoms with van der Waals surface area (Å²) in [5.74, 6) is 1.09. The van der Waals surface area contributed by atoms with Crippen molar-refractivity contribution in [3.05, 3.63) is 65.4 Å². The van der Waals surface area contributed by atoms with Crippen LogP contribution in [0.15, 0.2) is 60.4 Å². The summed E-state index contributed by atoms with van der Waals surface area (Å²) >= 11 is 1.50. The lowest BCUT2D eigenvalue weighted by molar-refractivity contribution is 0.249.